The highest BCUT2D eigenvalue weighted by Gasteiger charge is 2.29. The van der Waals surface area contributed by atoms with Gasteiger partial charge in [0.05, 0.1) is 0 Å². The number of hydrogen-bond acceptors (Lipinski definition) is 4. The van der Waals surface area contributed by atoms with Gasteiger partial charge in [-0.05, 0) is 92.5 Å². The van der Waals surface area contributed by atoms with E-state index in [1.54, 1.807) is 22.9 Å². The number of carboxylic acid groups (broad SMARTS) is 1. The third-order valence-electron chi connectivity index (χ3n) is 7.11. The van der Waals surface area contributed by atoms with Gasteiger partial charge < -0.3 is 9.67 Å². The number of carbonyl (C=O) groups excluding carboxylic acids is 1. The first-order valence-electron chi connectivity index (χ1n) is 11.7. The zero-order valence-corrected chi connectivity index (χ0v) is 19.0. The van der Waals surface area contributed by atoms with E-state index in [4.69, 9.17) is 0 Å². The first kappa shape index (κ1) is 22.2. The van der Waals surface area contributed by atoms with Crippen molar-refractivity contribution in [1.29, 1.82) is 0 Å². The molecule has 0 amide bonds. The Bertz CT molecular complexity index is 1400. The molecule has 0 unspecified atom stereocenters. The molecular formula is C27H26FN3O3. The summed E-state index contributed by atoms with van der Waals surface area (Å²) in [5.74, 6) is -0.719. The van der Waals surface area contributed by atoms with Gasteiger partial charge in [-0.15, -0.1) is 0 Å². The molecule has 4 aromatic rings. The molecule has 34 heavy (non-hydrogen) atoms. The normalized spacial score (nSPS) is 18.4. The number of rotatable bonds is 6. The summed E-state index contributed by atoms with van der Waals surface area (Å²) in [5.41, 5.74) is 3.72. The van der Waals surface area contributed by atoms with E-state index < -0.39 is 5.97 Å². The summed E-state index contributed by atoms with van der Waals surface area (Å²) >= 11 is 0. The molecule has 0 radical (unpaired) electrons. The lowest BCUT2D eigenvalue weighted by Crippen LogP contribution is -2.18. The van der Waals surface area contributed by atoms with Gasteiger partial charge in [0.15, 0.2) is 11.4 Å². The molecular weight excluding hydrogens is 433 g/mol. The quantitative estimate of drug-likeness (QED) is 0.376. The predicted octanol–water partition coefficient (Wildman–Crippen LogP) is 5.66. The fourth-order valence-corrected chi connectivity index (χ4v) is 5.46. The summed E-state index contributed by atoms with van der Waals surface area (Å²) in [6.45, 7) is 1.77. The minimum atomic E-state index is -0.921. The van der Waals surface area contributed by atoms with Gasteiger partial charge in [0.1, 0.15) is 18.1 Å². The second kappa shape index (κ2) is 8.97. The van der Waals surface area contributed by atoms with Crippen LogP contribution in [0.15, 0.2) is 48.7 Å². The van der Waals surface area contributed by atoms with E-state index in [0.29, 0.717) is 17.8 Å². The molecule has 0 spiro atoms. The van der Waals surface area contributed by atoms with Crippen LogP contribution in [0.1, 0.15) is 59.8 Å². The average molecular weight is 460 g/mol. The smallest absolute Gasteiger partial charge is 0.323 e. The van der Waals surface area contributed by atoms with E-state index in [2.05, 4.69) is 9.97 Å². The van der Waals surface area contributed by atoms with Crippen molar-refractivity contribution in [2.24, 2.45) is 5.92 Å². The molecule has 0 bridgehead atoms. The standard InChI is InChI=1S/C27H26FN3O3/c1-16-26(21-14-20(28)9-11-23(21)31(16)15-25(33)34)18-6-4-17(5-7-18)13-24(32)22-10-8-19-3-2-12-29-27(19)30-22/h2-3,8-12,14,17-18H,4-7,13,15H2,1H3,(H,33,34). The van der Waals surface area contributed by atoms with E-state index in [1.165, 1.54) is 12.1 Å². The van der Waals surface area contributed by atoms with Gasteiger partial charge in [0.2, 0.25) is 0 Å². The largest absolute Gasteiger partial charge is 0.480 e. The lowest BCUT2D eigenvalue weighted by Gasteiger charge is -2.28. The van der Waals surface area contributed by atoms with Crippen molar-refractivity contribution < 1.29 is 19.1 Å². The number of ketones is 1. The molecule has 1 aromatic carbocycles. The molecule has 1 aliphatic carbocycles. The van der Waals surface area contributed by atoms with Crippen LogP contribution in [0.25, 0.3) is 21.9 Å². The molecule has 7 heteroatoms. The maximum atomic E-state index is 14.1. The summed E-state index contributed by atoms with van der Waals surface area (Å²) in [5, 5.41) is 11.1. The number of fused-ring (bicyclic) bond motifs is 2. The fraction of sp³-hybridized carbons (Fsp3) is 0.333. The molecule has 3 heterocycles. The number of halogens is 1. The first-order valence-corrected chi connectivity index (χ1v) is 11.7. The van der Waals surface area contributed by atoms with Gasteiger partial charge in [-0.2, -0.15) is 0 Å². The molecule has 1 aliphatic rings. The van der Waals surface area contributed by atoms with Crippen LogP contribution in [-0.2, 0) is 11.3 Å². The highest BCUT2D eigenvalue weighted by atomic mass is 19.1. The summed E-state index contributed by atoms with van der Waals surface area (Å²) in [7, 11) is 0. The molecule has 3 aromatic heterocycles. The van der Waals surface area contributed by atoms with Gasteiger partial charge in [0, 0.05) is 34.6 Å². The number of carboxylic acids is 1. The van der Waals surface area contributed by atoms with Crippen LogP contribution < -0.4 is 0 Å². The number of hydrogen-bond donors (Lipinski definition) is 1. The van der Waals surface area contributed by atoms with Crippen molar-refractivity contribution in [3.05, 3.63) is 71.4 Å². The van der Waals surface area contributed by atoms with Gasteiger partial charge in [-0.1, -0.05) is 0 Å². The highest BCUT2D eigenvalue weighted by Crippen LogP contribution is 2.42. The van der Waals surface area contributed by atoms with Crippen molar-refractivity contribution in [2.45, 2.75) is 51.5 Å². The van der Waals surface area contributed by atoms with Crippen molar-refractivity contribution in [1.82, 2.24) is 14.5 Å². The van der Waals surface area contributed by atoms with Crippen LogP contribution >= 0.6 is 0 Å². The van der Waals surface area contributed by atoms with E-state index in [9.17, 15) is 19.1 Å². The average Bonchev–Trinajstić information content (AvgIpc) is 3.09. The Kier molecular flexibility index (Phi) is 5.86. The third kappa shape index (κ3) is 4.18. The van der Waals surface area contributed by atoms with Crippen molar-refractivity contribution in [2.75, 3.05) is 0 Å². The summed E-state index contributed by atoms with van der Waals surface area (Å²) < 4.78 is 15.8. The molecule has 1 saturated carbocycles. The molecule has 0 atom stereocenters. The minimum Gasteiger partial charge on any atom is -0.480 e. The van der Waals surface area contributed by atoms with E-state index in [0.717, 1.165) is 53.2 Å². The Morgan fingerprint density at radius 1 is 1.12 bits per heavy atom. The Balaban J connectivity index is 1.32. The second-order valence-electron chi connectivity index (χ2n) is 9.23. The lowest BCUT2D eigenvalue weighted by molar-refractivity contribution is -0.137. The fourth-order valence-electron chi connectivity index (χ4n) is 5.46. The molecule has 1 fully saturated rings. The molecule has 6 nitrogen and oxygen atoms in total. The van der Waals surface area contributed by atoms with Crippen LogP contribution in [0, 0.1) is 18.7 Å². The Hall–Kier alpha value is -3.61. The molecule has 1 N–H and O–H groups in total. The summed E-state index contributed by atoms with van der Waals surface area (Å²) in [6, 6.07) is 12.0. The summed E-state index contributed by atoms with van der Waals surface area (Å²) in [6.07, 6.45) is 5.67. The van der Waals surface area contributed by atoms with Crippen molar-refractivity contribution in [3.63, 3.8) is 0 Å². The zero-order valence-electron chi connectivity index (χ0n) is 19.0. The molecule has 0 saturated heterocycles. The molecule has 0 aliphatic heterocycles. The Morgan fingerprint density at radius 3 is 2.68 bits per heavy atom. The van der Waals surface area contributed by atoms with Crippen LogP contribution in [0.3, 0.4) is 0 Å². The number of aliphatic carboxylic acids is 1. The van der Waals surface area contributed by atoms with E-state index in [1.807, 2.05) is 25.1 Å². The first-order chi connectivity index (χ1) is 16.4. The maximum Gasteiger partial charge on any atom is 0.323 e. The number of nitrogens with zero attached hydrogens (tertiary/aromatic N) is 3. The Morgan fingerprint density at radius 2 is 1.91 bits per heavy atom. The van der Waals surface area contributed by atoms with Crippen molar-refractivity contribution >= 4 is 33.7 Å². The van der Waals surface area contributed by atoms with Crippen LogP contribution in [0.4, 0.5) is 4.39 Å². The van der Waals surface area contributed by atoms with Gasteiger partial charge >= 0.3 is 5.97 Å². The highest BCUT2D eigenvalue weighted by molar-refractivity contribution is 5.96. The topological polar surface area (TPSA) is 85.1 Å². The predicted molar refractivity (Wildman–Crippen MR) is 127 cm³/mol. The minimum absolute atomic E-state index is 0.0346. The molecule has 5 rings (SSSR count). The number of pyridine rings is 2. The third-order valence-corrected chi connectivity index (χ3v) is 7.11. The monoisotopic (exact) mass is 459 g/mol. The van der Waals surface area contributed by atoms with Gasteiger partial charge in [-0.25, -0.2) is 14.4 Å². The number of aromatic nitrogens is 3. The van der Waals surface area contributed by atoms with Gasteiger partial charge in [0.25, 0.3) is 0 Å². The van der Waals surface area contributed by atoms with E-state index >= 15 is 0 Å². The maximum absolute atomic E-state index is 14.1. The van der Waals surface area contributed by atoms with Crippen LogP contribution in [0.2, 0.25) is 0 Å². The lowest BCUT2D eigenvalue weighted by atomic mass is 9.76. The van der Waals surface area contributed by atoms with Crippen LogP contribution in [-0.4, -0.2) is 31.4 Å². The Labute approximate surface area is 196 Å². The van der Waals surface area contributed by atoms with Crippen LogP contribution in [0.5, 0.6) is 0 Å². The SMILES string of the molecule is Cc1c(C2CCC(CC(=O)c3ccc4cccnc4n3)CC2)c2cc(F)ccc2n1CC(=O)O. The number of benzene rings is 1. The molecule has 174 valence electrons. The van der Waals surface area contributed by atoms with Crippen molar-refractivity contribution in [3.8, 4) is 0 Å². The summed E-state index contributed by atoms with van der Waals surface area (Å²) in [4.78, 5) is 33.0. The number of Topliss-reactive ketones (excluding diaryl/α,β-unsaturated/α-hetero) is 1. The zero-order chi connectivity index (χ0) is 23.8. The van der Waals surface area contributed by atoms with Gasteiger partial charge in [-0.3, -0.25) is 9.59 Å². The van der Waals surface area contributed by atoms with E-state index in [-0.39, 0.29) is 30.0 Å². The number of carbonyl (C=O) groups is 2. The second-order valence-corrected chi connectivity index (χ2v) is 9.23.